The highest BCUT2D eigenvalue weighted by molar-refractivity contribution is 6.18. The van der Waals surface area contributed by atoms with Gasteiger partial charge in [0, 0.05) is 20.8 Å². The highest BCUT2D eigenvalue weighted by Crippen LogP contribution is 2.06. The molecule has 0 radical (unpaired) electrons. The van der Waals surface area contributed by atoms with Crippen molar-refractivity contribution in [3.05, 3.63) is 0 Å². The van der Waals surface area contributed by atoms with Crippen LogP contribution in [-0.4, -0.2) is 59.8 Å². The van der Waals surface area contributed by atoms with Crippen LogP contribution in [0.25, 0.3) is 0 Å². The highest BCUT2D eigenvalue weighted by atomic mass is 35.5. The van der Waals surface area contributed by atoms with Crippen LogP contribution in [0.4, 0.5) is 0 Å². The molecule has 0 heterocycles. The first-order chi connectivity index (χ1) is 9.29. The zero-order valence-corrected chi connectivity index (χ0v) is 13.2. The van der Waals surface area contributed by atoms with E-state index in [-0.39, 0.29) is 30.8 Å². The first-order valence-corrected chi connectivity index (χ1v) is 7.08. The minimum Gasteiger partial charge on any atom is -0.459 e. The number of hydrogen-bond donors (Lipinski definition) is 0. The molecule has 116 valence electrons. The summed E-state index contributed by atoms with van der Waals surface area (Å²) >= 11 is 11.4. The summed E-state index contributed by atoms with van der Waals surface area (Å²) in [5, 5.41) is 0. The fraction of sp³-hybridized carbons (Fsp3) is 0.750. The molecule has 20 heavy (non-hydrogen) atoms. The van der Waals surface area contributed by atoms with Crippen molar-refractivity contribution in [2.24, 2.45) is 0 Å². The average molecular weight is 328 g/mol. The number of ether oxygens (including phenoxy) is 2. The van der Waals surface area contributed by atoms with E-state index in [1.165, 1.54) is 25.7 Å². The summed E-state index contributed by atoms with van der Waals surface area (Å²) in [5.74, 6) is -1.10. The van der Waals surface area contributed by atoms with Crippen LogP contribution >= 0.6 is 23.2 Å². The van der Waals surface area contributed by atoms with E-state index in [1.54, 1.807) is 0 Å². The summed E-state index contributed by atoms with van der Waals surface area (Å²) in [4.78, 5) is 34.8. The SMILES string of the molecule is CC(=O)OC(CCl)CN(C[C@@H](CCl)OC(C)=O)C(C)=O. The van der Waals surface area contributed by atoms with Gasteiger partial charge in [-0.05, 0) is 0 Å². The number of esters is 2. The number of carbonyl (C=O) groups excluding carboxylic acids is 3. The molecule has 0 aliphatic heterocycles. The molecule has 0 rings (SSSR count). The van der Waals surface area contributed by atoms with Gasteiger partial charge in [0.15, 0.2) is 0 Å². The lowest BCUT2D eigenvalue weighted by molar-refractivity contribution is -0.151. The van der Waals surface area contributed by atoms with Gasteiger partial charge in [0.2, 0.25) is 5.91 Å². The summed E-state index contributed by atoms with van der Waals surface area (Å²) in [7, 11) is 0. The van der Waals surface area contributed by atoms with Crippen LogP contribution in [0.2, 0.25) is 0 Å². The van der Waals surface area contributed by atoms with Crippen LogP contribution in [0, 0.1) is 0 Å². The third-order valence-corrected chi connectivity index (χ3v) is 2.99. The van der Waals surface area contributed by atoms with Crippen molar-refractivity contribution in [2.45, 2.75) is 33.0 Å². The van der Waals surface area contributed by atoms with E-state index in [2.05, 4.69) is 0 Å². The smallest absolute Gasteiger partial charge is 0.303 e. The standard InChI is InChI=1S/C12H19Cl2NO5/c1-8(16)15(6-11(4-13)19-9(2)17)7-12(5-14)20-10(3)18/h11-12H,4-7H2,1-3H3/t11-,12?/m1/s1. The monoisotopic (exact) mass is 327 g/mol. The van der Waals surface area contributed by atoms with E-state index < -0.39 is 24.1 Å². The lowest BCUT2D eigenvalue weighted by Crippen LogP contribution is -2.44. The Kier molecular flexibility index (Phi) is 9.33. The summed E-state index contributed by atoms with van der Waals surface area (Å²) in [6.45, 7) is 4.12. The molecule has 0 aromatic heterocycles. The molecule has 0 aromatic rings. The van der Waals surface area contributed by atoms with Gasteiger partial charge in [-0.15, -0.1) is 23.2 Å². The molecule has 2 atom stereocenters. The van der Waals surface area contributed by atoms with Crippen LogP contribution in [0.15, 0.2) is 0 Å². The van der Waals surface area contributed by atoms with Gasteiger partial charge in [-0.25, -0.2) is 0 Å². The molecule has 0 aromatic carbocycles. The minimum atomic E-state index is -0.619. The molecule has 0 fully saturated rings. The predicted octanol–water partition coefficient (Wildman–Crippen LogP) is 1.18. The van der Waals surface area contributed by atoms with E-state index in [0.29, 0.717) is 0 Å². The van der Waals surface area contributed by atoms with Crippen molar-refractivity contribution in [3.63, 3.8) is 0 Å². The molecule has 0 aliphatic rings. The Morgan fingerprint density at radius 2 is 1.25 bits per heavy atom. The van der Waals surface area contributed by atoms with E-state index >= 15 is 0 Å². The van der Waals surface area contributed by atoms with Crippen molar-refractivity contribution in [1.82, 2.24) is 4.90 Å². The molecule has 1 unspecified atom stereocenters. The molecule has 6 nitrogen and oxygen atoms in total. The van der Waals surface area contributed by atoms with E-state index in [0.717, 1.165) is 0 Å². The van der Waals surface area contributed by atoms with Gasteiger partial charge in [0.1, 0.15) is 12.2 Å². The first-order valence-electron chi connectivity index (χ1n) is 6.02. The maximum absolute atomic E-state index is 11.6. The van der Waals surface area contributed by atoms with Gasteiger partial charge in [0.05, 0.1) is 24.8 Å². The van der Waals surface area contributed by atoms with E-state index in [4.69, 9.17) is 32.7 Å². The van der Waals surface area contributed by atoms with Crippen LogP contribution < -0.4 is 0 Å². The Morgan fingerprint density at radius 1 is 0.900 bits per heavy atom. The molecule has 8 heteroatoms. The van der Waals surface area contributed by atoms with Crippen LogP contribution in [0.5, 0.6) is 0 Å². The molecule has 0 bridgehead atoms. The number of rotatable bonds is 8. The number of nitrogens with zero attached hydrogens (tertiary/aromatic N) is 1. The van der Waals surface area contributed by atoms with Gasteiger partial charge in [-0.2, -0.15) is 0 Å². The van der Waals surface area contributed by atoms with E-state index in [1.807, 2.05) is 0 Å². The Labute approximate surface area is 128 Å². The summed E-state index contributed by atoms with van der Waals surface area (Å²) in [6.07, 6.45) is -1.24. The second-order valence-electron chi connectivity index (χ2n) is 4.20. The minimum absolute atomic E-state index is 0.0580. The normalized spacial score (nSPS) is 13.2. The fourth-order valence-electron chi connectivity index (χ4n) is 1.53. The number of halogens is 2. The Hall–Kier alpha value is -1.01. The van der Waals surface area contributed by atoms with Crippen LogP contribution in [-0.2, 0) is 23.9 Å². The second-order valence-corrected chi connectivity index (χ2v) is 4.81. The topological polar surface area (TPSA) is 72.9 Å². The summed E-state index contributed by atoms with van der Waals surface area (Å²) in [5.41, 5.74) is 0. The molecular formula is C12H19Cl2NO5. The van der Waals surface area contributed by atoms with E-state index in [9.17, 15) is 14.4 Å². The molecule has 1 amide bonds. The maximum atomic E-state index is 11.6. The summed E-state index contributed by atoms with van der Waals surface area (Å²) < 4.78 is 9.94. The fourth-order valence-corrected chi connectivity index (χ4v) is 1.85. The molecule has 0 N–H and O–H groups in total. The van der Waals surface area contributed by atoms with Gasteiger partial charge < -0.3 is 14.4 Å². The zero-order chi connectivity index (χ0) is 15.7. The van der Waals surface area contributed by atoms with Gasteiger partial charge >= 0.3 is 11.9 Å². The Morgan fingerprint density at radius 3 is 1.45 bits per heavy atom. The van der Waals surface area contributed by atoms with Crippen molar-refractivity contribution in [2.75, 3.05) is 24.8 Å². The molecule has 0 aliphatic carbocycles. The lowest BCUT2D eigenvalue weighted by atomic mass is 10.3. The van der Waals surface area contributed by atoms with Crippen molar-refractivity contribution in [1.29, 1.82) is 0 Å². The quantitative estimate of drug-likeness (QED) is 0.494. The zero-order valence-electron chi connectivity index (χ0n) is 11.7. The number of hydrogen-bond acceptors (Lipinski definition) is 5. The van der Waals surface area contributed by atoms with Crippen molar-refractivity contribution < 1.29 is 23.9 Å². The molecular weight excluding hydrogens is 309 g/mol. The maximum Gasteiger partial charge on any atom is 0.303 e. The molecule has 0 saturated heterocycles. The first kappa shape index (κ1) is 19.0. The van der Waals surface area contributed by atoms with Crippen molar-refractivity contribution >= 4 is 41.0 Å². The summed E-state index contributed by atoms with van der Waals surface area (Å²) in [6, 6.07) is 0. The van der Waals surface area contributed by atoms with Gasteiger partial charge in [0.25, 0.3) is 0 Å². The number of carbonyl (C=O) groups is 3. The predicted molar refractivity (Wildman–Crippen MR) is 74.8 cm³/mol. The molecule has 0 spiro atoms. The third kappa shape index (κ3) is 8.22. The number of alkyl halides is 2. The Bertz CT molecular complexity index is 325. The largest absolute Gasteiger partial charge is 0.459 e. The van der Waals surface area contributed by atoms with Crippen LogP contribution in [0.3, 0.4) is 0 Å². The lowest BCUT2D eigenvalue weighted by Gasteiger charge is -2.28. The second kappa shape index (κ2) is 9.83. The van der Waals surface area contributed by atoms with Gasteiger partial charge in [-0.3, -0.25) is 14.4 Å². The third-order valence-electron chi connectivity index (χ3n) is 2.30. The van der Waals surface area contributed by atoms with Gasteiger partial charge in [-0.1, -0.05) is 0 Å². The molecule has 0 saturated carbocycles. The average Bonchev–Trinajstić information content (AvgIpc) is 2.34. The number of amides is 1. The van der Waals surface area contributed by atoms with Crippen LogP contribution in [0.1, 0.15) is 20.8 Å². The highest BCUT2D eigenvalue weighted by Gasteiger charge is 2.22. The Balaban J connectivity index is 4.65. The van der Waals surface area contributed by atoms with Crippen molar-refractivity contribution in [3.8, 4) is 0 Å².